The minimum absolute atomic E-state index is 0.378. The molecule has 2 rings (SSSR count). The topological polar surface area (TPSA) is 66.6 Å². The van der Waals surface area contributed by atoms with Gasteiger partial charge in [-0.2, -0.15) is 0 Å². The Morgan fingerprint density at radius 1 is 1.61 bits per heavy atom. The monoisotopic (exact) mass is 312 g/mol. The summed E-state index contributed by atoms with van der Waals surface area (Å²) in [6.45, 7) is 2.04. The summed E-state index contributed by atoms with van der Waals surface area (Å²) in [6.07, 6.45) is 0. The van der Waals surface area contributed by atoms with E-state index in [1.165, 1.54) is 0 Å². The van der Waals surface area contributed by atoms with Gasteiger partial charge in [0.25, 0.3) is 0 Å². The van der Waals surface area contributed by atoms with E-state index in [2.05, 4.69) is 21.1 Å². The summed E-state index contributed by atoms with van der Waals surface area (Å²) >= 11 is 3.39. The summed E-state index contributed by atoms with van der Waals surface area (Å²) in [7, 11) is 1.80. The van der Waals surface area contributed by atoms with E-state index >= 15 is 0 Å². The highest BCUT2D eigenvalue weighted by molar-refractivity contribution is 9.10. The zero-order chi connectivity index (χ0) is 13.3. The fraction of sp³-hybridized carbons (Fsp3) is 0.333. The molecule has 5 nitrogen and oxygen atoms in total. The number of hydrogen-bond acceptors (Lipinski definition) is 4. The molecule has 0 saturated carbocycles. The van der Waals surface area contributed by atoms with Gasteiger partial charge < -0.3 is 14.5 Å². The maximum atomic E-state index is 10.8. The lowest BCUT2D eigenvalue weighted by Crippen LogP contribution is -2.28. The Bertz CT molecular complexity index is 582. The van der Waals surface area contributed by atoms with E-state index in [0.29, 0.717) is 17.9 Å². The van der Waals surface area contributed by atoms with Crippen LogP contribution in [0.1, 0.15) is 6.92 Å². The van der Waals surface area contributed by atoms with Crippen LogP contribution >= 0.6 is 15.9 Å². The van der Waals surface area contributed by atoms with Crippen molar-refractivity contribution in [2.75, 3.05) is 18.5 Å². The molecule has 6 heteroatoms. The first-order valence-electron chi connectivity index (χ1n) is 5.48. The lowest BCUT2D eigenvalue weighted by atomic mass is 10.1. The minimum atomic E-state index is -0.823. The van der Waals surface area contributed by atoms with Crippen LogP contribution in [0.25, 0.3) is 11.0 Å². The Labute approximate surface area is 112 Å². The molecule has 1 aromatic carbocycles. The molecule has 1 atom stereocenters. The summed E-state index contributed by atoms with van der Waals surface area (Å²) in [6, 6.07) is 5.60. The van der Waals surface area contributed by atoms with E-state index in [0.717, 1.165) is 9.86 Å². The number of carboxylic acids is 1. The number of aromatic nitrogens is 1. The Morgan fingerprint density at radius 3 is 3.00 bits per heavy atom. The van der Waals surface area contributed by atoms with Crippen LogP contribution in [0.5, 0.6) is 0 Å². The summed E-state index contributed by atoms with van der Waals surface area (Å²) in [5, 5.41) is 13.8. The average Bonchev–Trinajstić information content (AvgIpc) is 2.71. The number of carbonyl (C=O) groups is 1. The van der Waals surface area contributed by atoms with Gasteiger partial charge in [-0.05, 0) is 18.2 Å². The van der Waals surface area contributed by atoms with Crippen LogP contribution < -0.4 is 4.90 Å². The second kappa shape index (κ2) is 4.97. The predicted molar refractivity (Wildman–Crippen MR) is 71.8 cm³/mol. The Hall–Kier alpha value is -1.56. The highest BCUT2D eigenvalue weighted by atomic mass is 79.9. The first kappa shape index (κ1) is 12.9. The number of benzene rings is 1. The molecule has 1 unspecified atom stereocenters. The van der Waals surface area contributed by atoms with Crippen molar-refractivity contribution in [1.82, 2.24) is 5.16 Å². The Kier molecular flexibility index (Phi) is 3.56. The predicted octanol–water partition coefficient (Wildman–Crippen LogP) is 2.75. The van der Waals surface area contributed by atoms with E-state index in [-0.39, 0.29) is 0 Å². The molecule has 2 aromatic rings. The van der Waals surface area contributed by atoms with Gasteiger partial charge in [0.15, 0.2) is 11.4 Å². The van der Waals surface area contributed by atoms with Crippen LogP contribution in [0.2, 0.25) is 0 Å². The quantitative estimate of drug-likeness (QED) is 0.940. The molecule has 0 spiro atoms. The van der Waals surface area contributed by atoms with Gasteiger partial charge in [-0.3, -0.25) is 4.79 Å². The summed E-state index contributed by atoms with van der Waals surface area (Å²) in [5.74, 6) is -0.635. The molecule has 0 saturated heterocycles. The number of fused-ring (bicyclic) bond motifs is 1. The van der Waals surface area contributed by atoms with E-state index in [9.17, 15) is 4.79 Å². The number of carboxylic acid groups (broad SMARTS) is 1. The largest absolute Gasteiger partial charge is 0.481 e. The van der Waals surface area contributed by atoms with Crippen LogP contribution in [-0.2, 0) is 4.79 Å². The molecule has 0 aliphatic rings. The smallest absolute Gasteiger partial charge is 0.308 e. The molecule has 18 heavy (non-hydrogen) atoms. The van der Waals surface area contributed by atoms with Gasteiger partial charge in [0.2, 0.25) is 0 Å². The third kappa shape index (κ3) is 2.48. The number of anilines is 1. The van der Waals surface area contributed by atoms with Crippen molar-refractivity contribution in [3.8, 4) is 0 Å². The maximum Gasteiger partial charge on any atom is 0.308 e. The van der Waals surface area contributed by atoms with E-state index in [4.69, 9.17) is 9.63 Å². The minimum Gasteiger partial charge on any atom is -0.481 e. The van der Waals surface area contributed by atoms with Crippen LogP contribution in [-0.4, -0.2) is 29.8 Å². The molecule has 0 aliphatic heterocycles. The molecule has 0 fully saturated rings. The molecule has 0 aliphatic carbocycles. The molecule has 0 bridgehead atoms. The number of nitrogens with zero attached hydrogens (tertiary/aromatic N) is 2. The number of halogens is 1. The molecule has 1 heterocycles. The maximum absolute atomic E-state index is 10.8. The van der Waals surface area contributed by atoms with Crippen molar-refractivity contribution >= 4 is 38.7 Å². The van der Waals surface area contributed by atoms with Crippen molar-refractivity contribution in [3.63, 3.8) is 0 Å². The van der Waals surface area contributed by atoms with Crippen LogP contribution in [0.4, 0.5) is 5.82 Å². The van der Waals surface area contributed by atoms with Crippen molar-refractivity contribution < 1.29 is 14.4 Å². The summed E-state index contributed by atoms with van der Waals surface area (Å²) in [4.78, 5) is 12.6. The normalized spacial score (nSPS) is 12.6. The molecule has 0 amide bonds. The molecule has 1 aromatic heterocycles. The Balaban J connectivity index is 2.30. The van der Waals surface area contributed by atoms with Crippen LogP contribution in [0, 0.1) is 5.92 Å². The molecule has 0 radical (unpaired) electrons. The fourth-order valence-electron chi connectivity index (χ4n) is 1.75. The zero-order valence-electron chi connectivity index (χ0n) is 10.1. The average molecular weight is 313 g/mol. The van der Waals surface area contributed by atoms with Gasteiger partial charge in [0.05, 0.1) is 11.3 Å². The first-order valence-corrected chi connectivity index (χ1v) is 6.27. The zero-order valence-corrected chi connectivity index (χ0v) is 11.6. The van der Waals surface area contributed by atoms with Crippen LogP contribution in [0.15, 0.2) is 27.2 Å². The lowest BCUT2D eigenvalue weighted by molar-refractivity contribution is -0.140. The van der Waals surface area contributed by atoms with Gasteiger partial charge in [-0.1, -0.05) is 28.0 Å². The second-order valence-corrected chi connectivity index (χ2v) is 5.18. The standard InChI is InChI=1S/C12H13BrN2O3/c1-7(12(16)17)6-15(2)11-9-5-8(13)3-4-10(9)18-14-11/h3-5,7H,6H2,1-2H3,(H,16,17). The van der Waals surface area contributed by atoms with Gasteiger partial charge in [-0.25, -0.2) is 0 Å². The SMILES string of the molecule is CC(CN(C)c1noc2ccc(Br)cc12)C(=O)O. The third-order valence-corrected chi connectivity index (χ3v) is 3.24. The Morgan fingerprint density at radius 2 is 2.33 bits per heavy atom. The summed E-state index contributed by atoms with van der Waals surface area (Å²) in [5.41, 5.74) is 0.683. The van der Waals surface area contributed by atoms with Gasteiger partial charge in [0, 0.05) is 18.1 Å². The fourth-order valence-corrected chi connectivity index (χ4v) is 2.11. The van der Waals surface area contributed by atoms with Gasteiger partial charge in [-0.15, -0.1) is 0 Å². The van der Waals surface area contributed by atoms with Gasteiger partial charge in [0.1, 0.15) is 0 Å². The van der Waals surface area contributed by atoms with E-state index in [1.807, 2.05) is 18.2 Å². The van der Waals surface area contributed by atoms with Crippen molar-refractivity contribution in [3.05, 3.63) is 22.7 Å². The van der Waals surface area contributed by atoms with E-state index < -0.39 is 11.9 Å². The highest BCUT2D eigenvalue weighted by Crippen LogP contribution is 2.28. The highest BCUT2D eigenvalue weighted by Gasteiger charge is 2.18. The van der Waals surface area contributed by atoms with E-state index in [1.54, 1.807) is 18.9 Å². The number of hydrogen-bond donors (Lipinski definition) is 1. The first-order chi connectivity index (χ1) is 8.49. The van der Waals surface area contributed by atoms with Crippen molar-refractivity contribution in [2.45, 2.75) is 6.92 Å². The lowest BCUT2D eigenvalue weighted by Gasteiger charge is -2.18. The second-order valence-electron chi connectivity index (χ2n) is 4.27. The molecular weight excluding hydrogens is 300 g/mol. The molecule has 96 valence electrons. The van der Waals surface area contributed by atoms with Gasteiger partial charge >= 0.3 is 5.97 Å². The van der Waals surface area contributed by atoms with Crippen molar-refractivity contribution in [1.29, 1.82) is 0 Å². The van der Waals surface area contributed by atoms with Crippen molar-refractivity contribution in [2.24, 2.45) is 5.92 Å². The number of rotatable bonds is 4. The summed E-state index contributed by atoms with van der Waals surface area (Å²) < 4.78 is 6.14. The molecule has 1 N–H and O–H groups in total. The number of aliphatic carboxylic acids is 1. The molecular formula is C12H13BrN2O3. The van der Waals surface area contributed by atoms with Crippen LogP contribution in [0.3, 0.4) is 0 Å². The third-order valence-electron chi connectivity index (χ3n) is 2.74.